The van der Waals surface area contributed by atoms with Gasteiger partial charge in [-0.05, 0) is 28.3 Å². The maximum Gasteiger partial charge on any atom is 0.206 e. The van der Waals surface area contributed by atoms with Crippen LogP contribution in [0.15, 0.2) is 3.92 Å². The number of hydrogen-bond donors (Lipinski definition) is 2. The minimum absolute atomic E-state index is 0.250. The first kappa shape index (κ1) is 11.9. The van der Waals surface area contributed by atoms with E-state index < -0.39 is 0 Å². The largest absolute Gasteiger partial charge is 0.396 e. The van der Waals surface area contributed by atoms with Crippen molar-refractivity contribution in [1.82, 2.24) is 10.2 Å². The Morgan fingerprint density at radius 1 is 1.57 bits per heavy atom. The molecule has 80 valence electrons. The van der Waals surface area contributed by atoms with Crippen LogP contribution in [-0.4, -0.2) is 28.5 Å². The molecule has 0 saturated heterocycles. The number of aliphatic hydroxyl groups is 1. The highest BCUT2D eigenvalue weighted by Crippen LogP contribution is 2.20. The number of nitrogens with one attached hydrogen (secondary N) is 1. The van der Waals surface area contributed by atoms with Crippen LogP contribution in [0.4, 0.5) is 5.13 Å². The summed E-state index contributed by atoms with van der Waals surface area (Å²) in [4.78, 5) is 0. The van der Waals surface area contributed by atoms with Crippen LogP contribution in [0.3, 0.4) is 0 Å². The molecule has 1 unspecified atom stereocenters. The van der Waals surface area contributed by atoms with E-state index in [1.54, 1.807) is 0 Å². The summed E-state index contributed by atoms with van der Waals surface area (Å²) in [6, 6.07) is 0. The van der Waals surface area contributed by atoms with Gasteiger partial charge in [-0.1, -0.05) is 24.7 Å². The molecule has 1 rings (SSSR count). The van der Waals surface area contributed by atoms with Gasteiger partial charge in [0.15, 0.2) is 3.92 Å². The first-order chi connectivity index (χ1) is 6.76. The van der Waals surface area contributed by atoms with Crippen molar-refractivity contribution < 1.29 is 5.11 Å². The van der Waals surface area contributed by atoms with Crippen molar-refractivity contribution >= 4 is 32.4 Å². The van der Waals surface area contributed by atoms with Crippen molar-refractivity contribution in [3.05, 3.63) is 3.92 Å². The van der Waals surface area contributed by atoms with Crippen molar-refractivity contribution in [1.29, 1.82) is 0 Å². The summed E-state index contributed by atoms with van der Waals surface area (Å²) in [5.74, 6) is 0.502. The molecule has 0 radical (unpaired) electrons. The van der Waals surface area contributed by atoms with Crippen LogP contribution in [0.25, 0.3) is 0 Å². The lowest BCUT2D eigenvalue weighted by atomic mass is 10.0. The van der Waals surface area contributed by atoms with Crippen LogP contribution in [0.5, 0.6) is 0 Å². The van der Waals surface area contributed by atoms with Crippen LogP contribution >= 0.6 is 27.3 Å². The molecular weight excluding hydrogens is 266 g/mol. The zero-order chi connectivity index (χ0) is 10.4. The Labute approximate surface area is 95.9 Å². The fourth-order valence-electron chi connectivity index (χ4n) is 1.14. The zero-order valence-corrected chi connectivity index (χ0v) is 10.4. The first-order valence-corrected chi connectivity index (χ1v) is 6.21. The third-order valence-corrected chi connectivity index (χ3v) is 3.37. The van der Waals surface area contributed by atoms with E-state index in [4.69, 9.17) is 5.11 Å². The van der Waals surface area contributed by atoms with Crippen molar-refractivity contribution in [2.45, 2.75) is 19.8 Å². The molecule has 1 aromatic rings. The van der Waals surface area contributed by atoms with Gasteiger partial charge in [-0.15, -0.1) is 10.2 Å². The van der Waals surface area contributed by atoms with Crippen LogP contribution in [0, 0.1) is 5.92 Å². The molecule has 0 aliphatic carbocycles. The lowest BCUT2D eigenvalue weighted by Crippen LogP contribution is -2.14. The molecule has 0 aromatic carbocycles. The van der Waals surface area contributed by atoms with Crippen molar-refractivity contribution in [2.75, 3.05) is 18.5 Å². The molecule has 1 heterocycles. The van der Waals surface area contributed by atoms with E-state index in [9.17, 15) is 0 Å². The summed E-state index contributed by atoms with van der Waals surface area (Å²) in [5, 5.41) is 20.6. The Kier molecular flexibility index (Phi) is 5.36. The molecule has 0 aliphatic heterocycles. The van der Waals surface area contributed by atoms with Gasteiger partial charge in [-0.2, -0.15) is 0 Å². The predicted octanol–water partition coefficient (Wildman–Crippen LogP) is 2.12. The molecular formula is C8H14BrN3OS. The van der Waals surface area contributed by atoms with Gasteiger partial charge in [0.2, 0.25) is 5.13 Å². The van der Waals surface area contributed by atoms with E-state index in [1.807, 2.05) is 0 Å². The Morgan fingerprint density at radius 3 is 2.86 bits per heavy atom. The van der Waals surface area contributed by atoms with E-state index >= 15 is 0 Å². The van der Waals surface area contributed by atoms with Gasteiger partial charge in [0, 0.05) is 13.2 Å². The van der Waals surface area contributed by atoms with Crippen LogP contribution < -0.4 is 5.32 Å². The maximum absolute atomic E-state index is 8.81. The van der Waals surface area contributed by atoms with Crippen LogP contribution in [-0.2, 0) is 0 Å². The number of nitrogens with zero attached hydrogens (tertiary/aromatic N) is 2. The SMILES string of the molecule is CCC(CCO)CNc1nnc(Br)s1. The van der Waals surface area contributed by atoms with E-state index in [2.05, 4.69) is 38.4 Å². The summed E-state index contributed by atoms with van der Waals surface area (Å²) >= 11 is 4.73. The summed E-state index contributed by atoms with van der Waals surface area (Å²) in [6.07, 6.45) is 1.90. The molecule has 14 heavy (non-hydrogen) atoms. The van der Waals surface area contributed by atoms with Gasteiger partial charge in [-0.25, -0.2) is 0 Å². The highest BCUT2D eigenvalue weighted by Gasteiger charge is 2.07. The van der Waals surface area contributed by atoms with Crippen LogP contribution in [0.1, 0.15) is 19.8 Å². The van der Waals surface area contributed by atoms with Gasteiger partial charge in [0.25, 0.3) is 0 Å². The topological polar surface area (TPSA) is 58.0 Å². The Morgan fingerprint density at radius 2 is 2.36 bits per heavy atom. The van der Waals surface area contributed by atoms with E-state index in [-0.39, 0.29) is 6.61 Å². The van der Waals surface area contributed by atoms with Gasteiger partial charge < -0.3 is 10.4 Å². The van der Waals surface area contributed by atoms with Gasteiger partial charge in [-0.3, -0.25) is 0 Å². The summed E-state index contributed by atoms with van der Waals surface area (Å²) in [7, 11) is 0. The average Bonchev–Trinajstić information content (AvgIpc) is 2.59. The van der Waals surface area contributed by atoms with Crippen molar-refractivity contribution in [3.8, 4) is 0 Å². The van der Waals surface area contributed by atoms with E-state index in [1.165, 1.54) is 11.3 Å². The lowest BCUT2D eigenvalue weighted by molar-refractivity contribution is 0.258. The fraction of sp³-hybridized carbons (Fsp3) is 0.750. The number of rotatable bonds is 6. The molecule has 0 spiro atoms. The highest BCUT2D eigenvalue weighted by atomic mass is 79.9. The second-order valence-corrected chi connectivity index (χ2v) is 5.28. The minimum Gasteiger partial charge on any atom is -0.396 e. The van der Waals surface area contributed by atoms with E-state index in [0.29, 0.717) is 5.92 Å². The molecule has 1 atom stereocenters. The lowest BCUT2D eigenvalue weighted by Gasteiger charge is -2.12. The molecule has 4 nitrogen and oxygen atoms in total. The molecule has 0 fully saturated rings. The third kappa shape index (κ3) is 3.89. The Hall–Kier alpha value is -0.200. The zero-order valence-electron chi connectivity index (χ0n) is 8.03. The molecule has 0 aliphatic rings. The van der Waals surface area contributed by atoms with Gasteiger partial charge >= 0.3 is 0 Å². The first-order valence-electron chi connectivity index (χ1n) is 4.60. The molecule has 0 bridgehead atoms. The molecule has 1 aromatic heterocycles. The smallest absolute Gasteiger partial charge is 0.206 e. The Balaban J connectivity index is 2.31. The van der Waals surface area contributed by atoms with Crippen molar-refractivity contribution in [3.63, 3.8) is 0 Å². The second-order valence-electron chi connectivity index (χ2n) is 3.03. The predicted molar refractivity (Wildman–Crippen MR) is 61.6 cm³/mol. The van der Waals surface area contributed by atoms with Gasteiger partial charge in [0.05, 0.1) is 0 Å². The third-order valence-electron chi connectivity index (χ3n) is 2.06. The monoisotopic (exact) mass is 279 g/mol. The minimum atomic E-state index is 0.250. The number of halogens is 1. The van der Waals surface area contributed by atoms with Gasteiger partial charge in [0.1, 0.15) is 0 Å². The number of aromatic nitrogens is 2. The fourth-order valence-corrected chi connectivity index (χ4v) is 2.16. The summed E-state index contributed by atoms with van der Waals surface area (Å²) < 4.78 is 0.787. The summed E-state index contributed by atoms with van der Waals surface area (Å²) in [5.41, 5.74) is 0. The maximum atomic E-state index is 8.81. The highest BCUT2D eigenvalue weighted by molar-refractivity contribution is 9.11. The quantitative estimate of drug-likeness (QED) is 0.838. The number of anilines is 1. The molecule has 0 saturated carbocycles. The number of hydrogen-bond acceptors (Lipinski definition) is 5. The van der Waals surface area contributed by atoms with E-state index in [0.717, 1.165) is 28.4 Å². The molecule has 6 heteroatoms. The van der Waals surface area contributed by atoms with Crippen LogP contribution in [0.2, 0.25) is 0 Å². The Bertz CT molecular complexity index is 269. The number of aliphatic hydroxyl groups excluding tert-OH is 1. The summed E-state index contributed by atoms with van der Waals surface area (Å²) in [6.45, 7) is 3.22. The average molecular weight is 280 g/mol. The van der Waals surface area contributed by atoms with Crippen molar-refractivity contribution in [2.24, 2.45) is 5.92 Å². The standard InChI is InChI=1S/C8H14BrN3OS/c1-2-6(3-4-13)5-10-8-12-11-7(9)14-8/h6,13H,2-5H2,1H3,(H,10,12). The molecule has 2 N–H and O–H groups in total. The normalized spacial score (nSPS) is 12.8. The second kappa shape index (κ2) is 6.31. The molecule has 0 amide bonds.